The van der Waals surface area contributed by atoms with Crippen molar-refractivity contribution in [2.45, 2.75) is 24.5 Å². The molecular weight excluding hydrogens is 373 g/mol. The minimum absolute atomic E-state index is 0.0201. The number of nitrogens with one attached hydrogen (secondary N) is 1. The van der Waals surface area contributed by atoms with Crippen molar-refractivity contribution in [3.05, 3.63) is 70.1 Å². The number of rotatable bonds is 5. The van der Waals surface area contributed by atoms with Crippen LogP contribution in [0.4, 0.5) is 4.39 Å². The molecule has 1 atom stereocenters. The van der Waals surface area contributed by atoms with E-state index >= 15 is 0 Å². The third-order valence-corrected chi connectivity index (χ3v) is 6.05. The summed E-state index contributed by atoms with van der Waals surface area (Å²) in [5, 5.41) is 1.34. The maximum Gasteiger partial charge on any atom is 0.151 e. The van der Waals surface area contributed by atoms with Crippen LogP contribution in [-0.2, 0) is 15.6 Å². The lowest BCUT2D eigenvalue weighted by Gasteiger charge is -2.18. The summed E-state index contributed by atoms with van der Waals surface area (Å²) in [5.74, 6) is 0.0158. The molecule has 0 radical (unpaired) electrons. The topological polar surface area (TPSA) is 49.9 Å². The number of aromatic nitrogens is 1. The normalized spacial score (nSPS) is 16.1. The Balaban J connectivity index is 1.85. The molecule has 1 saturated carbocycles. The molecular formula is C20H19ClFNO2S. The largest absolute Gasteiger partial charge is 0.361 e. The Morgan fingerprint density at radius 3 is 2.65 bits per heavy atom. The Morgan fingerprint density at radius 2 is 2.00 bits per heavy atom. The van der Waals surface area contributed by atoms with Gasteiger partial charge in [-0.15, -0.1) is 0 Å². The summed E-state index contributed by atoms with van der Waals surface area (Å²) in [6.45, 7) is 0. The first-order valence-electron chi connectivity index (χ1n) is 8.55. The molecule has 1 aliphatic rings. The molecule has 3 nitrogen and oxygen atoms in total. The summed E-state index contributed by atoms with van der Waals surface area (Å²) in [4.78, 5) is 3.23. The van der Waals surface area contributed by atoms with Gasteiger partial charge in [0.1, 0.15) is 5.82 Å². The lowest BCUT2D eigenvalue weighted by molar-refractivity contribution is 0.580. The minimum atomic E-state index is -3.14. The van der Waals surface area contributed by atoms with Crippen LogP contribution in [0, 0.1) is 11.7 Å². The van der Waals surface area contributed by atoms with Crippen molar-refractivity contribution < 1.29 is 12.8 Å². The first-order valence-corrected chi connectivity index (χ1v) is 11.0. The van der Waals surface area contributed by atoms with E-state index in [-0.39, 0.29) is 17.5 Å². The molecule has 6 heteroatoms. The number of fused-ring (bicyclic) bond motifs is 1. The number of hydrogen-bond donors (Lipinski definition) is 1. The third kappa shape index (κ3) is 3.38. The van der Waals surface area contributed by atoms with Gasteiger partial charge in [0.15, 0.2) is 9.84 Å². The van der Waals surface area contributed by atoms with Crippen LogP contribution in [0.3, 0.4) is 0 Å². The quantitative estimate of drug-likeness (QED) is 0.661. The Labute approximate surface area is 157 Å². The highest BCUT2D eigenvalue weighted by Gasteiger charge is 2.36. The van der Waals surface area contributed by atoms with Crippen molar-refractivity contribution >= 4 is 32.3 Å². The highest BCUT2D eigenvalue weighted by molar-refractivity contribution is 7.89. The molecule has 1 aliphatic carbocycles. The predicted molar refractivity (Wildman–Crippen MR) is 103 cm³/mol. The average Bonchev–Trinajstić information content (AvgIpc) is 3.28. The molecule has 1 fully saturated rings. The maximum absolute atomic E-state index is 14.6. The second kappa shape index (κ2) is 6.39. The van der Waals surface area contributed by atoms with E-state index in [9.17, 15) is 12.8 Å². The Kier molecular flexibility index (Phi) is 4.32. The van der Waals surface area contributed by atoms with Crippen LogP contribution < -0.4 is 0 Å². The molecule has 1 unspecified atom stereocenters. The first kappa shape index (κ1) is 17.6. The molecule has 0 saturated heterocycles. The molecule has 3 aromatic rings. The monoisotopic (exact) mass is 391 g/mol. The van der Waals surface area contributed by atoms with Gasteiger partial charge in [-0.3, -0.25) is 0 Å². The minimum Gasteiger partial charge on any atom is -0.361 e. The summed E-state index contributed by atoms with van der Waals surface area (Å²) in [6.07, 6.45) is 5.24. The average molecular weight is 392 g/mol. The van der Waals surface area contributed by atoms with E-state index in [0.717, 1.165) is 34.9 Å². The number of H-pyrrole nitrogens is 1. The zero-order valence-corrected chi connectivity index (χ0v) is 15.9. The van der Waals surface area contributed by atoms with Crippen LogP contribution in [0.5, 0.6) is 0 Å². The predicted octanol–water partition coefficient (Wildman–Crippen LogP) is 5.05. The second-order valence-corrected chi connectivity index (χ2v) is 9.71. The molecule has 1 heterocycles. The molecule has 0 amide bonds. The molecule has 0 bridgehead atoms. The van der Waals surface area contributed by atoms with Gasteiger partial charge in [0.05, 0.1) is 5.75 Å². The Bertz CT molecular complexity index is 1090. The molecule has 2 aromatic carbocycles. The molecule has 0 spiro atoms. The summed E-state index contributed by atoms with van der Waals surface area (Å²) < 4.78 is 38.1. The molecule has 136 valence electrons. The van der Waals surface area contributed by atoms with Crippen LogP contribution in [0.1, 0.15) is 35.4 Å². The van der Waals surface area contributed by atoms with Crippen molar-refractivity contribution in [3.63, 3.8) is 0 Å². The van der Waals surface area contributed by atoms with E-state index in [1.165, 1.54) is 12.3 Å². The van der Waals surface area contributed by atoms with Gasteiger partial charge in [-0.25, -0.2) is 12.8 Å². The van der Waals surface area contributed by atoms with Crippen LogP contribution >= 0.6 is 11.6 Å². The Hall–Kier alpha value is -1.85. The highest BCUT2D eigenvalue weighted by Crippen LogP contribution is 2.49. The summed E-state index contributed by atoms with van der Waals surface area (Å²) in [6, 6.07) is 10.5. The van der Waals surface area contributed by atoms with Gasteiger partial charge >= 0.3 is 0 Å². The number of benzene rings is 2. The van der Waals surface area contributed by atoms with E-state index in [1.54, 1.807) is 12.1 Å². The van der Waals surface area contributed by atoms with Crippen LogP contribution in [-0.4, -0.2) is 19.7 Å². The van der Waals surface area contributed by atoms with Crippen LogP contribution in [0.2, 0.25) is 5.02 Å². The lowest BCUT2D eigenvalue weighted by Crippen LogP contribution is -2.06. The van der Waals surface area contributed by atoms with Gasteiger partial charge in [0.2, 0.25) is 0 Å². The smallest absolute Gasteiger partial charge is 0.151 e. The fraction of sp³-hybridized carbons (Fsp3) is 0.300. The highest BCUT2D eigenvalue weighted by atomic mass is 35.5. The van der Waals surface area contributed by atoms with Gasteiger partial charge < -0.3 is 4.98 Å². The summed E-state index contributed by atoms with van der Waals surface area (Å²) in [5.41, 5.74) is 3.21. The van der Waals surface area contributed by atoms with Gasteiger partial charge in [-0.2, -0.15) is 0 Å². The molecule has 26 heavy (non-hydrogen) atoms. The van der Waals surface area contributed by atoms with Crippen LogP contribution in [0.25, 0.3) is 10.9 Å². The van der Waals surface area contributed by atoms with Gasteiger partial charge in [-0.05, 0) is 47.6 Å². The van der Waals surface area contributed by atoms with Gasteiger partial charge in [0, 0.05) is 34.3 Å². The number of halogens is 2. The lowest BCUT2D eigenvalue weighted by atomic mass is 9.86. The van der Waals surface area contributed by atoms with Crippen molar-refractivity contribution in [3.8, 4) is 0 Å². The second-order valence-electron chi connectivity index (χ2n) is 7.13. The van der Waals surface area contributed by atoms with Crippen molar-refractivity contribution in [2.75, 3.05) is 6.26 Å². The number of hydrogen-bond acceptors (Lipinski definition) is 2. The van der Waals surface area contributed by atoms with Crippen LogP contribution in [0.15, 0.2) is 42.6 Å². The van der Waals surface area contributed by atoms with Gasteiger partial charge in [0.25, 0.3) is 0 Å². The van der Waals surface area contributed by atoms with Crippen molar-refractivity contribution in [1.82, 2.24) is 4.98 Å². The first-order chi connectivity index (χ1) is 12.3. The van der Waals surface area contributed by atoms with Gasteiger partial charge in [-0.1, -0.05) is 35.9 Å². The van der Waals surface area contributed by atoms with E-state index in [1.807, 2.05) is 24.4 Å². The SMILES string of the molecule is CS(=O)(=O)Cc1cccc2c(C(c3ccc(Cl)cc3F)C3CC3)c[nH]c12. The molecule has 0 aliphatic heterocycles. The molecule has 1 aromatic heterocycles. The zero-order valence-electron chi connectivity index (χ0n) is 14.3. The fourth-order valence-corrected chi connectivity index (χ4v) is 4.72. The standard InChI is InChI=1S/C20H19ClFNO2S/c1-26(24,25)11-13-3-2-4-15-17(10-23-20(13)15)19(12-5-6-12)16-8-7-14(21)9-18(16)22/h2-4,7-10,12,19,23H,5-6,11H2,1H3. The Morgan fingerprint density at radius 1 is 1.23 bits per heavy atom. The molecule has 4 rings (SSSR count). The van der Waals surface area contributed by atoms with E-state index < -0.39 is 9.84 Å². The van der Waals surface area contributed by atoms with E-state index in [0.29, 0.717) is 16.5 Å². The maximum atomic E-state index is 14.6. The summed E-state index contributed by atoms with van der Waals surface area (Å²) >= 11 is 5.92. The number of sulfone groups is 1. The van der Waals surface area contributed by atoms with Crippen molar-refractivity contribution in [2.24, 2.45) is 5.92 Å². The molecule has 1 N–H and O–H groups in total. The zero-order chi connectivity index (χ0) is 18.5. The fourth-order valence-electron chi connectivity index (χ4n) is 3.76. The summed E-state index contributed by atoms with van der Waals surface area (Å²) in [7, 11) is -3.14. The number of para-hydroxylation sites is 1. The van der Waals surface area contributed by atoms with Crippen molar-refractivity contribution in [1.29, 1.82) is 0 Å². The third-order valence-electron chi connectivity index (χ3n) is 4.98. The number of aromatic amines is 1. The van der Waals surface area contributed by atoms with E-state index in [4.69, 9.17) is 11.6 Å². The van der Waals surface area contributed by atoms with E-state index in [2.05, 4.69) is 4.98 Å².